The second kappa shape index (κ2) is 10.8. The van der Waals surface area contributed by atoms with E-state index in [9.17, 15) is 9.90 Å². The molecule has 2 atom stereocenters. The molecule has 3 rings (SSSR count). The molecule has 0 bridgehead atoms. The van der Waals surface area contributed by atoms with Gasteiger partial charge in [0, 0.05) is 47.8 Å². The number of nitrogens with zero attached hydrogens (tertiary/aromatic N) is 1. The van der Waals surface area contributed by atoms with E-state index < -0.39 is 6.10 Å². The molecule has 166 valence electrons. The van der Waals surface area contributed by atoms with Crippen molar-refractivity contribution in [2.75, 3.05) is 19.6 Å². The number of aliphatic hydroxyl groups excluding tert-OH is 1. The maximum Gasteiger partial charge on any atom is 0.227 e. The zero-order valence-electron chi connectivity index (χ0n) is 18.5. The van der Waals surface area contributed by atoms with Gasteiger partial charge in [-0.25, -0.2) is 0 Å². The van der Waals surface area contributed by atoms with Gasteiger partial charge in [0.1, 0.15) is 0 Å². The first-order valence-corrected chi connectivity index (χ1v) is 11.3. The number of carbonyl (C=O) groups is 1. The second-order valence-electron chi connectivity index (χ2n) is 7.98. The van der Waals surface area contributed by atoms with Crippen LogP contribution in [0, 0.1) is 0 Å². The van der Waals surface area contributed by atoms with Gasteiger partial charge in [0.05, 0.1) is 12.5 Å². The number of aliphatic hydroxyl groups is 1. The summed E-state index contributed by atoms with van der Waals surface area (Å²) in [5.74, 6) is 0.152. The van der Waals surface area contributed by atoms with Crippen LogP contribution in [0.25, 0.3) is 10.9 Å². The number of benzene rings is 2. The molecule has 0 aliphatic rings. The Labute approximate surface area is 189 Å². The molecule has 3 aromatic rings. The molecule has 3 N–H and O–H groups in total. The van der Waals surface area contributed by atoms with Gasteiger partial charge in [-0.3, -0.25) is 4.79 Å². The van der Waals surface area contributed by atoms with E-state index in [0.717, 1.165) is 41.5 Å². The summed E-state index contributed by atoms with van der Waals surface area (Å²) in [5.41, 5.74) is 4.06. The van der Waals surface area contributed by atoms with Crippen molar-refractivity contribution in [1.82, 2.24) is 15.2 Å². The van der Waals surface area contributed by atoms with Gasteiger partial charge in [-0.1, -0.05) is 41.9 Å². The Hall–Kier alpha value is -2.34. The van der Waals surface area contributed by atoms with Crippen molar-refractivity contribution < 1.29 is 9.90 Å². The van der Waals surface area contributed by atoms with Gasteiger partial charge < -0.3 is 20.3 Å². The monoisotopic (exact) mass is 441 g/mol. The largest absolute Gasteiger partial charge is 0.387 e. The number of rotatable bonds is 10. The van der Waals surface area contributed by atoms with E-state index in [4.69, 9.17) is 11.6 Å². The number of carbonyl (C=O) groups excluding carboxylic acids is 1. The summed E-state index contributed by atoms with van der Waals surface area (Å²) in [4.78, 5) is 17.8. The molecule has 31 heavy (non-hydrogen) atoms. The first kappa shape index (κ1) is 23.3. The molecule has 0 radical (unpaired) electrons. The lowest BCUT2D eigenvalue weighted by Crippen LogP contribution is -2.32. The highest BCUT2D eigenvalue weighted by Crippen LogP contribution is 2.24. The van der Waals surface area contributed by atoms with Crippen LogP contribution >= 0.6 is 11.6 Å². The Morgan fingerprint density at radius 2 is 1.90 bits per heavy atom. The normalized spacial score (nSPS) is 13.3. The number of amides is 1. The van der Waals surface area contributed by atoms with Crippen molar-refractivity contribution in [3.63, 3.8) is 0 Å². The lowest BCUT2D eigenvalue weighted by molar-refractivity contribution is -0.130. The zero-order chi connectivity index (χ0) is 22.4. The minimum atomic E-state index is -0.609. The fraction of sp³-hybridized carbons (Fsp3) is 0.400. The smallest absolute Gasteiger partial charge is 0.227 e. The lowest BCUT2D eigenvalue weighted by Gasteiger charge is -2.19. The molecule has 1 aromatic heterocycles. The highest BCUT2D eigenvalue weighted by Gasteiger charge is 2.16. The van der Waals surface area contributed by atoms with E-state index in [1.165, 1.54) is 5.56 Å². The van der Waals surface area contributed by atoms with Gasteiger partial charge in [0.15, 0.2) is 0 Å². The average molecular weight is 442 g/mol. The quantitative estimate of drug-likeness (QED) is 0.434. The maximum absolute atomic E-state index is 12.6. The minimum absolute atomic E-state index is 0.152. The molecule has 5 nitrogen and oxygen atoms in total. The Kier molecular flexibility index (Phi) is 8.13. The summed E-state index contributed by atoms with van der Waals surface area (Å²) >= 11 is 6.02. The summed E-state index contributed by atoms with van der Waals surface area (Å²) in [6.45, 7) is 8.03. The van der Waals surface area contributed by atoms with E-state index in [1.54, 1.807) is 12.1 Å². The van der Waals surface area contributed by atoms with Crippen molar-refractivity contribution >= 4 is 28.4 Å². The first-order valence-electron chi connectivity index (χ1n) is 10.9. The third-order valence-electron chi connectivity index (χ3n) is 5.76. The number of halogens is 1. The SMILES string of the molecule is CCN(CC)C(=O)Cc1cccc2c(C[C@@H](C)NC[C@H](O)c3cccc(Cl)c3)c[nH]c12. The van der Waals surface area contributed by atoms with E-state index in [1.807, 2.05) is 49.2 Å². The van der Waals surface area contributed by atoms with Gasteiger partial charge in [0.2, 0.25) is 5.91 Å². The molecule has 0 aliphatic carbocycles. The predicted molar refractivity (Wildman–Crippen MR) is 128 cm³/mol. The molecule has 0 saturated heterocycles. The van der Waals surface area contributed by atoms with Gasteiger partial charge in [-0.15, -0.1) is 0 Å². The van der Waals surface area contributed by atoms with Crippen LogP contribution < -0.4 is 5.32 Å². The van der Waals surface area contributed by atoms with Crippen LogP contribution in [0.15, 0.2) is 48.7 Å². The number of likely N-dealkylation sites (N-methyl/N-ethyl adjacent to an activating group) is 1. The molecule has 0 fully saturated rings. The standard InChI is InChI=1S/C25H32ClN3O2/c1-4-29(5-2)24(31)14-19-9-7-11-22-20(15-28-25(19)22)12-17(3)27-16-23(30)18-8-6-10-21(26)13-18/h6-11,13,15,17,23,27-28,30H,4-5,12,14,16H2,1-3H3/t17-,23+/m1/s1. The molecule has 1 amide bonds. The number of aromatic amines is 1. The Bertz CT molecular complexity index is 1010. The highest BCUT2D eigenvalue weighted by atomic mass is 35.5. The van der Waals surface area contributed by atoms with E-state index in [-0.39, 0.29) is 11.9 Å². The van der Waals surface area contributed by atoms with Crippen LogP contribution in [-0.2, 0) is 17.6 Å². The fourth-order valence-electron chi connectivity index (χ4n) is 3.99. The summed E-state index contributed by atoms with van der Waals surface area (Å²) < 4.78 is 0. The summed E-state index contributed by atoms with van der Waals surface area (Å²) in [5, 5.41) is 15.6. The van der Waals surface area contributed by atoms with Gasteiger partial charge in [-0.2, -0.15) is 0 Å². The average Bonchev–Trinajstić information content (AvgIpc) is 3.16. The molecule has 2 aromatic carbocycles. The Balaban J connectivity index is 1.64. The van der Waals surface area contributed by atoms with Crippen LogP contribution in [0.1, 0.15) is 43.6 Å². The van der Waals surface area contributed by atoms with Gasteiger partial charge in [-0.05, 0) is 56.0 Å². The summed E-state index contributed by atoms with van der Waals surface area (Å²) in [6, 6.07) is 13.6. The Morgan fingerprint density at radius 3 is 2.61 bits per heavy atom. The van der Waals surface area contributed by atoms with Gasteiger partial charge >= 0.3 is 0 Å². The molecular weight excluding hydrogens is 410 g/mol. The summed E-state index contributed by atoms with van der Waals surface area (Å²) in [7, 11) is 0. The minimum Gasteiger partial charge on any atom is -0.387 e. The van der Waals surface area contributed by atoms with Crippen molar-refractivity contribution in [3.05, 3.63) is 70.4 Å². The van der Waals surface area contributed by atoms with E-state index in [0.29, 0.717) is 18.0 Å². The van der Waals surface area contributed by atoms with Crippen molar-refractivity contribution in [2.45, 2.75) is 45.8 Å². The molecule has 0 saturated carbocycles. The topological polar surface area (TPSA) is 68.4 Å². The molecule has 0 aliphatic heterocycles. The molecular formula is C25H32ClN3O2. The molecule has 0 spiro atoms. The van der Waals surface area contributed by atoms with Crippen LogP contribution in [0.4, 0.5) is 0 Å². The third kappa shape index (κ3) is 5.88. The van der Waals surface area contributed by atoms with Crippen LogP contribution in [0.3, 0.4) is 0 Å². The number of H-pyrrole nitrogens is 1. The molecule has 1 heterocycles. The van der Waals surface area contributed by atoms with Crippen LogP contribution in [0.5, 0.6) is 0 Å². The maximum atomic E-state index is 12.6. The number of para-hydroxylation sites is 1. The zero-order valence-corrected chi connectivity index (χ0v) is 19.2. The van der Waals surface area contributed by atoms with Gasteiger partial charge in [0.25, 0.3) is 0 Å². The predicted octanol–water partition coefficient (Wildman–Crippen LogP) is 4.49. The summed E-state index contributed by atoms with van der Waals surface area (Å²) in [6.07, 6.45) is 2.64. The van der Waals surface area contributed by atoms with Crippen LogP contribution in [0.2, 0.25) is 5.02 Å². The molecule has 0 unspecified atom stereocenters. The van der Waals surface area contributed by atoms with E-state index >= 15 is 0 Å². The van der Waals surface area contributed by atoms with Crippen molar-refractivity contribution in [1.29, 1.82) is 0 Å². The first-order chi connectivity index (χ1) is 14.9. The second-order valence-corrected chi connectivity index (χ2v) is 8.42. The number of hydrogen-bond donors (Lipinski definition) is 3. The fourth-order valence-corrected chi connectivity index (χ4v) is 4.19. The number of fused-ring (bicyclic) bond motifs is 1. The Morgan fingerprint density at radius 1 is 1.16 bits per heavy atom. The highest BCUT2D eigenvalue weighted by molar-refractivity contribution is 6.30. The lowest BCUT2D eigenvalue weighted by atomic mass is 10.0. The number of hydrogen-bond acceptors (Lipinski definition) is 3. The van der Waals surface area contributed by atoms with E-state index in [2.05, 4.69) is 23.3 Å². The third-order valence-corrected chi connectivity index (χ3v) is 6.00. The number of nitrogens with one attached hydrogen (secondary N) is 2. The number of aromatic nitrogens is 1. The van der Waals surface area contributed by atoms with Crippen molar-refractivity contribution in [3.8, 4) is 0 Å². The van der Waals surface area contributed by atoms with Crippen molar-refractivity contribution in [2.24, 2.45) is 0 Å². The molecule has 6 heteroatoms. The van der Waals surface area contributed by atoms with Crippen LogP contribution in [-0.4, -0.2) is 46.6 Å².